The summed E-state index contributed by atoms with van der Waals surface area (Å²) in [6.07, 6.45) is 1.49. The average molecular weight is 375 g/mol. The van der Waals surface area contributed by atoms with Crippen LogP contribution in [-0.4, -0.2) is 31.5 Å². The molecule has 3 rings (SSSR count). The molecule has 10 heteroatoms. The van der Waals surface area contributed by atoms with E-state index in [1.165, 1.54) is 16.8 Å². The van der Waals surface area contributed by atoms with E-state index in [-0.39, 0.29) is 17.7 Å². The van der Waals surface area contributed by atoms with Crippen LogP contribution in [0.5, 0.6) is 0 Å². The molecule has 0 fully saturated rings. The molecule has 142 valence electrons. The topological polar surface area (TPSA) is 111 Å². The number of carbonyl (C=O) groups is 1. The van der Waals surface area contributed by atoms with Gasteiger partial charge in [-0.3, -0.25) is 9.36 Å². The van der Waals surface area contributed by atoms with Crippen LogP contribution >= 0.6 is 0 Å². The number of rotatable bonds is 6. The predicted octanol–water partition coefficient (Wildman–Crippen LogP) is 2.71. The highest BCUT2D eigenvalue weighted by Gasteiger charge is 2.22. The zero-order valence-electron chi connectivity index (χ0n) is 15.0. The van der Waals surface area contributed by atoms with Gasteiger partial charge < -0.3 is 16.4 Å². The van der Waals surface area contributed by atoms with Gasteiger partial charge in [0.2, 0.25) is 17.8 Å². The third kappa shape index (κ3) is 3.78. The Morgan fingerprint density at radius 2 is 1.96 bits per heavy atom. The second-order valence-corrected chi connectivity index (χ2v) is 6.33. The molecule has 3 aromatic rings. The molecule has 0 saturated carbocycles. The number of halogens is 2. The van der Waals surface area contributed by atoms with Crippen LogP contribution in [0.15, 0.2) is 24.4 Å². The molecule has 0 aliphatic heterocycles. The third-order valence-electron chi connectivity index (χ3n) is 3.83. The number of hydrogen-bond acceptors (Lipinski definition) is 6. The monoisotopic (exact) mass is 375 g/mol. The van der Waals surface area contributed by atoms with Gasteiger partial charge >= 0.3 is 0 Å². The molecule has 0 aliphatic carbocycles. The number of nitrogens with zero attached hydrogens (tertiary/aromatic N) is 4. The van der Waals surface area contributed by atoms with Crippen LogP contribution in [0.4, 0.5) is 26.4 Å². The van der Waals surface area contributed by atoms with Crippen molar-refractivity contribution in [1.29, 1.82) is 0 Å². The summed E-state index contributed by atoms with van der Waals surface area (Å²) >= 11 is 0. The fraction of sp³-hybridized carbons (Fsp3) is 0.294. The van der Waals surface area contributed by atoms with E-state index in [0.29, 0.717) is 17.1 Å². The van der Waals surface area contributed by atoms with E-state index < -0.39 is 23.6 Å². The Kier molecular flexibility index (Phi) is 4.89. The van der Waals surface area contributed by atoms with E-state index in [1.807, 2.05) is 13.8 Å². The molecule has 2 aromatic heterocycles. The van der Waals surface area contributed by atoms with Crippen LogP contribution in [-0.2, 0) is 4.79 Å². The molecule has 2 heterocycles. The van der Waals surface area contributed by atoms with E-state index in [4.69, 9.17) is 5.73 Å². The number of nitrogens with one attached hydrogen (secondary N) is 2. The second kappa shape index (κ2) is 7.14. The highest BCUT2D eigenvalue weighted by atomic mass is 19.1. The quantitative estimate of drug-likeness (QED) is 0.611. The Hall–Kier alpha value is -3.30. The smallest absolute Gasteiger partial charge is 0.240 e. The summed E-state index contributed by atoms with van der Waals surface area (Å²) in [5.74, 6) is -1.62. The normalized spacial score (nSPS) is 12.4. The Morgan fingerprint density at radius 3 is 2.59 bits per heavy atom. The molecule has 0 bridgehead atoms. The Bertz CT molecular complexity index is 1000. The number of fused-ring (bicyclic) bond motifs is 1. The molecular formula is C17H19F2N7O. The predicted molar refractivity (Wildman–Crippen MR) is 97.6 cm³/mol. The lowest BCUT2D eigenvalue weighted by Crippen LogP contribution is -2.25. The van der Waals surface area contributed by atoms with E-state index in [2.05, 4.69) is 25.6 Å². The number of carbonyl (C=O) groups excluding carboxylic acids is 1. The first-order chi connectivity index (χ1) is 12.8. The van der Waals surface area contributed by atoms with E-state index in [0.717, 1.165) is 12.1 Å². The van der Waals surface area contributed by atoms with Gasteiger partial charge in [0.25, 0.3) is 0 Å². The van der Waals surface area contributed by atoms with Crippen molar-refractivity contribution in [3.8, 4) is 0 Å². The third-order valence-corrected chi connectivity index (χ3v) is 3.83. The van der Waals surface area contributed by atoms with Gasteiger partial charge in [-0.1, -0.05) is 0 Å². The number of amides is 1. The van der Waals surface area contributed by atoms with Crippen molar-refractivity contribution in [2.45, 2.75) is 32.9 Å². The number of anilines is 3. The largest absolute Gasteiger partial charge is 0.368 e. The second-order valence-electron chi connectivity index (χ2n) is 6.33. The zero-order valence-corrected chi connectivity index (χ0v) is 15.0. The van der Waals surface area contributed by atoms with E-state index >= 15 is 0 Å². The van der Waals surface area contributed by atoms with Gasteiger partial charge in [0.1, 0.15) is 23.2 Å². The minimum atomic E-state index is -0.817. The van der Waals surface area contributed by atoms with Gasteiger partial charge in [0.15, 0.2) is 5.65 Å². The highest BCUT2D eigenvalue weighted by molar-refractivity contribution is 5.83. The summed E-state index contributed by atoms with van der Waals surface area (Å²) in [4.78, 5) is 24.7. The van der Waals surface area contributed by atoms with Crippen molar-refractivity contribution in [3.63, 3.8) is 0 Å². The van der Waals surface area contributed by atoms with E-state index in [9.17, 15) is 13.6 Å². The molecule has 0 spiro atoms. The maximum Gasteiger partial charge on any atom is 0.240 e. The standard InChI is InChI=1S/C17H19F2N7O/c1-8(2)22-16-21-7-13-15(25-16)26(9(3)14(20)27)17(24-13)23-12-5-4-10(18)6-11(12)19/h4-9H,1-3H3,(H2,20,27)(H,23,24)(H,21,22,25)/t9-/m0/s1. The van der Waals surface area contributed by atoms with Crippen LogP contribution in [0.25, 0.3) is 11.2 Å². The van der Waals surface area contributed by atoms with E-state index in [1.54, 1.807) is 6.92 Å². The molecule has 0 saturated heterocycles. The summed E-state index contributed by atoms with van der Waals surface area (Å²) in [7, 11) is 0. The summed E-state index contributed by atoms with van der Waals surface area (Å²) < 4.78 is 28.6. The summed E-state index contributed by atoms with van der Waals surface area (Å²) in [6, 6.07) is 2.37. The highest BCUT2D eigenvalue weighted by Crippen LogP contribution is 2.27. The number of aromatic nitrogens is 4. The average Bonchev–Trinajstić information content (AvgIpc) is 2.93. The van der Waals surface area contributed by atoms with Gasteiger partial charge in [-0.25, -0.2) is 18.7 Å². The van der Waals surface area contributed by atoms with Crippen LogP contribution in [0.3, 0.4) is 0 Å². The lowest BCUT2D eigenvalue weighted by atomic mass is 10.3. The fourth-order valence-electron chi connectivity index (χ4n) is 2.51. The minimum Gasteiger partial charge on any atom is -0.368 e. The Balaban J connectivity index is 2.12. The molecule has 0 unspecified atom stereocenters. The van der Waals surface area contributed by atoms with Gasteiger partial charge in [0.05, 0.1) is 11.9 Å². The zero-order chi connectivity index (χ0) is 19.7. The number of primary amides is 1. The lowest BCUT2D eigenvalue weighted by molar-refractivity contribution is -0.120. The molecule has 1 atom stereocenters. The summed E-state index contributed by atoms with van der Waals surface area (Å²) in [5.41, 5.74) is 6.19. The molecule has 1 amide bonds. The first-order valence-electron chi connectivity index (χ1n) is 8.29. The maximum absolute atomic E-state index is 14.0. The number of nitrogens with two attached hydrogens (primary N) is 1. The molecular weight excluding hydrogens is 356 g/mol. The van der Waals surface area contributed by atoms with Gasteiger partial charge in [-0.05, 0) is 32.9 Å². The molecule has 1 aromatic carbocycles. The summed E-state index contributed by atoms with van der Waals surface area (Å²) in [6.45, 7) is 5.44. The Labute approximate surface area is 153 Å². The van der Waals surface area contributed by atoms with Crippen LogP contribution in [0, 0.1) is 11.6 Å². The van der Waals surface area contributed by atoms with Crippen LogP contribution in [0.2, 0.25) is 0 Å². The molecule has 0 radical (unpaired) electrons. The molecule has 27 heavy (non-hydrogen) atoms. The summed E-state index contributed by atoms with van der Waals surface area (Å²) in [5, 5.41) is 5.83. The molecule has 0 aliphatic rings. The number of hydrogen-bond donors (Lipinski definition) is 3. The first kappa shape index (κ1) is 18.5. The van der Waals surface area contributed by atoms with Crippen molar-refractivity contribution >= 4 is 34.7 Å². The Morgan fingerprint density at radius 1 is 1.22 bits per heavy atom. The van der Waals surface area contributed by atoms with Gasteiger partial charge in [-0.15, -0.1) is 0 Å². The first-order valence-corrected chi connectivity index (χ1v) is 8.29. The molecule has 8 nitrogen and oxygen atoms in total. The van der Waals surface area contributed by atoms with Crippen molar-refractivity contribution < 1.29 is 13.6 Å². The minimum absolute atomic E-state index is 0.00175. The SMILES string of the molecule is CC(C)Nc1ncc2nc(Nc3ccc(F)cc3F)n([C@@H](C)C(N)=O)c2n1. The maximum atomic E-state index is 14.0. The van der Waals surface area contributed by atoms with Crippen LogP contribution < -0.4 is 16.4 Å². The number of imidazole rings is 1. The molecule has 4 N–H and O–H groups in total. The fourth-order valence-corrected chi connectivity index (χ4v) is 2.51. The van der Waals surface area contributed by atoms with Gasteiger partial charge in [-0.2, -0.15) is 4.98 Å². The number of benzene rings is 1. The van der Waals surface area contributed by atoms with Crippen molar-refractivity contribution in [2.75, 3.05) is 10.6 Å². The van der Waals surface area contributed by atoms with Crippen molar-refractivity contribution in [1.82, 2.24) is 19.5 Å². The van der Waals surface area contributed by atoms with Crippen LogP contribution in [0.1, 0.15) is 26.8 Å². The lowest BCUT2D eigenvalue weighted by Gasteiger charge is -2.15. The van der Waals surface area contributed by atoms with Crippen molar-refractivity contribution in [3.05, 3.63) is 36.0 Å². The van der Waals surface area contributed by atoms with Crippen molar-refractivity contribution in [2.24, 2.45) is 5.73 Å². The van der Waals surface area contributed by atoms with Gasteiger partial charge in [0, 0.05) is 12.1 Å².